The lowest BCUT2D eigenvalue weighted by Crippen LogP contribution is -2.52. The van der Waals surface area contributed by atoms with Crippen LogP contribution in [0.5, 0.6) is 5.75 Å². The number of amides is 1. The number of nitrogens with one attached hydrogen (secondary N) is 1. The number of aryl methyl sites for hydroxylation is 1. The number of nitrogens with zero attached hydrogens (tertiary/aromatic N) is 1. The molecule has 2 rings (SSSR count). The monoisotopic (exact) mass is 234 g/mol. The van der Waals surface area contributed by atoms with Crippen LogP contribution in [-0.4, -0.2) is 41.6 Å². The SMILES string of the molecule is Cc1ccc(C(=O)N2CCNC[C@@H]2C)cc1O. The molecular weight excluding hydrogens is 216 g/mol. The molecule has 1 fully saturated rings. The van der Waals surface area contributed by atoms with Crippen LogP contribution in [0.2, 0.25) is 0 Å². The Hall–Kier alpha value is -1.55. The van der Waals surface area contributed by atoms with Gasteiger partial charge in [-0.15, -0.1) is 0 Å². The average Bonchev–Trinajstić information content (AvgIpc) is 2.32. The van der Waals surface area contributed by atoms with Gasteiger partial charge in [0.1, 0.15) is 5.75 Å². The number of carbonyl (C=O) groups excluding carboxylic acids is 1. The first-order chi connectivity index (χ1) is 8.09. The highest BCUT2D eigenvalue weighted by Crippen LogP contribution is 2.19. The van der Waals surface area contributed by atoms with Crippen molar-refractivity contribution < 1.29 is 9.90 Å². The summed E-state index contributed by atoms with van der Waals surface area (Å²) in [4.78, 5) is 14.1. The lowest BCUT2D eigenvalue weighted by molar-refractivity contribution is 0.0655. The fourth-order valence-electron chi connectivity index (χ4n) is 2.05. The standard InChI is InChI=1S/C13H18N2O2/c1-9-3-4-11(7-12(9)16)13(17)15-6-5-14-8-10(15)2/h3-4,7,10,14,16H,5-6,8H2,1-2H3/t10-/m0/s1. The third kappa shape index (κ3) is 2.42. The van der Waals surface area contributed by atoms with Crippen molar-refractivity contribution in [1.29, 1.82) is 0 Å². The Morgan fingerprint density at radius 1 is 1.53 bits per heavy atom. The van der Waals surface area contributed by atoms with E-state index in [9.17, 15) is 9.90 Å². The topological polar surface area (TPSA) is 52.6 Å². The Balaban J connectivity index is 2.21. The Kier molecular flexibility index (Phi) is 3.33. The highest BCUT2D eigenvalue weighted by Gasteiger charge is 2.24. The number of benzene rings is 1. The molecule has 17 heavy (non-hydrogen) atoms. The van der Waals surface area contributed by atoms with Crippen molar-refractivity contribution in [1.82, 2.24) is 10.2 Å². The second-order valence-electron chi connectivity index (χ2n) is 4.55. The molecule has 1 aliphatic heterocycles. The van der Waals surface area contributed by atoms with Crippen LogP contribution >= 0.6 is 0 Å². The van der Waals surface area contributed by atoms with Gasteiger partial charge in [-0.1, -0.05) is 6.07 Å². The van der Waals surface area contributed by atoms with Gasteiger partial charge in [0.25, 0.3) is 5.91 Å². The van der Waals surface area contributed by atoms with E-state index in [-0.39, 0.29) is 17.7 Å². The summed E-state index contributed by atoms with van der Waals surface area (Å²) in [5, 5.41) is 12.9. The van der Waals surface area contributed by atoms with Crippen molar-refractivity contribution in [3.63, 3.8) is 0 Å². The molecular formula is C13H18N2O2. The highest BCUT2D eigenvalue weighted by molar-refractivity contribution is 5.95. The molecule has 1 aromatic carbocycles. The molecule has 4 heteroatoms. The molecule has 0 bridgehead atoms. The zero-order valence-electron chi connectivity index (χ0n) is 10.2. The average molecular weight is 234 g/mol. The molecule has 1 saturated heterocycles. The van der Waals surface area contributed by atoms with Gasteiger partial charge < -0.3 is 15.3 Å². The summed E-state index contributed by atoms with van der Waals surface area (Å²) in [5.41, 5.74) is 1.34. The van der Waals surface area contributed by atoms with Crippen molar-refractivity contribution in [3.8, 4) is 5.75 Å². The third-order valence-corrected chi connectivity index (χ3v) is 3.22. The number of aromatic hydroxyl groups is 1. The summed E-state index contributed by atoms with van der Waals surface area (Å²) in [6.07, 6.45) is 0. The van der Waals surface area contributed by atoms with Gasteiger partial charge in [-0.05, 0) is 31.5 Å². The minimum absolute atomic E-state index is 0.00528. The van der Waals surface area contributed by atoms with Crippen LogP contribution in [0.1, 0.15) is 22.8 Å². The second-order valence-corrected chi connectivity index (χ2v) is 4.55. The van der Waals surface area contributed by atoms with Crippen LogP contribution in [0, 0.1) is 6.92 Å². The van der Waals surface area contributed by atoms with Gasteiger partial charge in [0.15, 0.2) is 0 Å². The first-order valence-corrected chi connectivity index (χ1v) is 5.91. The summed E-state index contributed by atoms with van der Waals surface area (Å²) in [6.45, 7) is 6.21. The van der Waals surface area contributed by atoms with Crippen LogP contribution in [0.3, 0.4) is 0 Å². The van der Waals surface area contributed by atoms with E-state index in [0.717, 1.165) is 18.7 Å². The third-order valence-electron chi connectivity index (χ3n) is 3.22. The molecule has 0 spiro atoms. The highest BCUT2D eigenvalue weighted by atomic mass is 16.3. The van der Waals surface area contributed by atoms with Gasteiger partial charge in [0.2, 0.25) is 0 Å². The van der Waals surface area contributed by atoms with E-state index in [1.165, 1.54) is 0 Å². The normalized spacial score (nSPS) is 20.4. The first-order valence-electron chi connectivity index (χ1n) is 5.91. The largest absolute Gasteiger partial charge is 0.508 e. The molecule has 4 nitrogen and oxygen atoms in total. The van der Waals surface area contributed by atoms with Crippen molar-refractivity contribution in [2.24, 2.45) is 0 Å². The van der Waals surface area contributed by atoms with E-state index < -0.39 is 0 Å². The van der Waals surface area contributed by atoms with Crippen molar-refractivity contribution in [3.05, 3.63) is 29.3 Å². The van der Waals surface area contributed by atoms with Crippen LogP contribution in [0.4, 0.5) is 0 Å². The molecule has 0 radical (unpaired) electrons. The Labute approximate surface area is 101 Å². The number of carbonyl (C=O) groups is 1. The van der Waals surface area contributed by atoms with E-state index in [1.807, 2.05) is 18.7 Å². The van der Waals surface area contributed by atoms with Gasteiger partial charge >= 0.3 is 0 Å². The van der Waals surface area contributed by atoms with Gasteiger partial charge in [-0.3, -0.25) is 4.79 Å². The van der Waals surface area contributed by atoms with Crippen LogP contribution in [0.25, 0.3) is 0 Å². The predicted octanol–water partition coefficient (Wildman–Crippen LogP) is 1.13. The van der Waals surface area contributed by atoms with Gasteiger partial charge in [0, 0.05) is 31.2 Å². The summed E-state index contributed by atoms with van der Waals surface area (Å²) < 4.78 is 0. The van der Waals surface area contributed by atoms with Crippen molar-refractivity contribution in [2.45, 2.75) is 19.9 Å². The van der Waals surface area contributed by atoms with Gasteiger partial charge in [0.05, 0.1) is 0 Å². The molecule has 92 valence electrons. The van der Waals surface area contributed by atoms with E-state index in [0.29, 0.717) is 12.1 Å². The summed E-state index contributed by atoms with van der Waals surface area (Å²) in [5.74, 6) is 0.174. The summed E-state index contributed by atoms with van der Waals surface area (Å²) >= 11 is 0. The zero-order chi connectivity index (χ0) is 12.4. The fraction of sp³-hybridized carbons (Fsp3) is 0.462. The lowest BCUT2D eigenvalue weighted by atomic mass is 10.1. The van der Waals surface area contributed by atoms with Crippen molar-refractivity contribution in [2.75, 3.05) is 19.6 Å². The number of phenols is 1. The lowest BCUT2D eigenvalue weighted by Gasteiger charge is -2.34. The maximum atomic E-state index is 12.3. The van der Waals surface area contributed by atoms with Crippen LogP contribution in [-0.2, 0) is 0 Å². The van der Waals surface area contributed by atoms with Gasteiger partial charge in [-0.25, -0.2) is 0 Å². The molecule has 1 aliphatic rings. The molecule has 0 saturated carbocycles. The molecule has 2 N–H and O–H groups in total. The van der Waals surface area contributed by atoms with E-state index in [1.54, 1.807) is 18.2 Å². The Morgan fingerprint density at radius 2 is 2.29 bits per heavy atom. The number of phenolic OH excluding ortho intramolecular Hbond substituents is 1. The molecule has 0 unspecified atom stereocenters. The van der Waals surface area contributed by atoms with E-state index >= 15 is 0 Å². The quantitative estimate of drug-likeness (QED) is 0.766. The maximum Gasteiger partial charge on any atom is 0.254 e. The van der Waals surface area contributed by atoms with E-state index in [4.69, 9.17) is 0 Å². The molecule has 1 heterocycles. The minimum Gasteiger partial charge on any atom is -0.508 e. The second kappa shape index (κ2) is 4.75. The molecule has 1 amide bonds. The Morgan fingerprint density at radius 3 is 2.94 bits per heavy atom. The predicted molar refractivity (Wildman–Crippen MR) is 66.2 cm³/mol. The smallest absolute Gasteiger partial charge is 0.254 e. The van der Waals surface area contributed by atoms with E-state index in [2.05, 4.69) is 5.32 Å². The molecule has 1 aromatic rings. The molecule has 0 aliphatic carbocycles. The summed E-state index contributed by atoms with van der Waals surface area (Å²) in [7, 11) is 0. The van der Waals surface area contributed by atoms with Gasteiger partial charge in [-0.2, -0.15) is 0 Å². The zero-order valence-corrected chi connectivity index (χ0v) is 10.2. The maximum absolute atomic E-state index is 12.3. The fourth-order valence-corrected chi connectivity index (χ4v) is 2.05. The van der Waals surface area contributed by atoms with Crippen LogP contribution in [0.15, 0.2) is 18.2 Å². The van der Waals surface area contributed by atoms with Crippen LogP contribution < -0.4 is 5.32 Å². The number of hydrogen-bond donors (Lipinski definition) is 2. The van der Waals surface area contributed by atoms with Crippen molar-refractivity contribution >= 4 is 5.91 Å². The molecule has 1 atom stereocenters. The summed E-state index contributed by atoms with van der Waals surface area (Å²) in [6, 6.07) is 5.29. The number of rotatable bonds is 1. The Bertz CT molecular complexity index is 431. The number of piperazine rings is 1. The first kappa shape index (κ1) is 11.9. The minimum atomic E-state index is -0.00528. The number of hydrogen-bond acceptors (Lipinski definition) is 3. The molecule has 0 aromatic heterocycles.